The zero-order valence-corrected chi connectivity index (χ0v) is 14.5. The van der Waals surface area contributed by atoms with E-state index in [0.717, 1.165) is 42.0 Å². The maximum absolute atomic E-state index is 12.6. The molecule has 1 fully saturated rings. The monoisotopic (exact) mass is 336 g/mol. The summed E-state index contributed by atoms with van der Waals surface area (Å²) in [5.74, 6) is 1.55. The van der Waals surface area contributed by atoms with Gasteiger partial charge in [-0.25, -0.2) is 0 Å². The summed E-state index contributed by atoms with van der Waals surface area (Å²) >= 11 is 0. The molecule has 0 bridgehead atoms. The first kappa shape index (κ1) is 16.2. The number of carbonyl (C=O) groups is 1. The Kier molecular flexibility index (Phi) is 4.45. The van der Waals surface area contributed by atoms with Gasteiger partial charge < -0.3 is 15.4 Å². The van der Waals surface area contributed by atoms with Gasteiger partial charge >= 0.3 is 0 Å². The third kappa shape index (κ3) is 3.14. The Morgan fingerprint density at radius 2 is 1.96 bits per heavy atom. The minimum atomic E-state index is 0.0235. The molecule has 2 aromatic carbocycles. The molecule has 0 spiro atoms. The summed E-state index contributed by atoms with van der Waals surface area (Å²) in [6.45, 7) is 4.54. The lowest BCUT2D eigenvalue weighted by Crippen LogP contribution is -2.50. The first-order valence-corrected chi connectivity index (χ1v) is 9.06. The lowest BCUT2D eigenvalue weighted by molar-refractivity contribution is -0.127. The Morgan fingerprint density at radius 3 is 2.68 bits per heavy atom. The fourth-order valence-electron chi connectivity index (χ4n) is 3.60. The van der Waals surface area contributed by atoms with E-state index in [1.54, 1.807) is 0 Å². The largest absolute Gasteiger partial charge is 0.492 e. The average molecular weight is 336 g/mol. The zero-order chi connectivity index (χ0) is 17.2. The zero-order valence-electron chi connectivity index (χ0n) is 14.5. The smallest absolute Gasteiger partial charge is 0.223 e. The Bertz CT molecular complexity index is 756. The highest BCUT2D eigenvalue weighted by atomic mass is 16.5. The number of para-hydroxylation sites is 1. The number of rotatable bonds is 4. The van der Waals surface area contributed by atoms with Crippen LogP contribution < -0.4 is 15.4 Å². The van der Waals surface area contributed by atoms with Crippen molar-refractivity contribution in [1.82, 2.24) is 10.6 Å². The molecule has 130 valence electrons. The third-order valence-electron chi connectivity index (χ3n) is 5.41. The van der Waals surface area contributed by atoms with Crippen molar-refractivity contribution in [3.05, 3.63) is 54.1 Å². The number of carbonyl (C=O) groups excluding carboxylic acids is 1. The van der Waals surface area contributed by atoms with Gasteiger partial charge in [0.2, 0.25) is 5.91 Å². The van der Waals surface area contributed by atoms with Crippen LogP contribution in [0.2, 0.25) is 0 Å². The van der Waals surface area contributed by atoms with Gasteiger partial charge in [-0.2, -0.15) is 0 Å². The van der Waals surface area contributed by atoms with E-state index < -0.39 is 0 Å². The van der Waals surface area contributed by atoms with Crippen molar-refractivity contribution < 1.29 is 9.53 Å². The van der Waals surface area contributed by atoms with Crippen molar-refractivity contribution in [2.75, 3.05) is 19.7 Å². The Hall–Kier alpha value is -2.33. The summed E-state index contributed by atoms with van der Waals surface area (Å²) in [6.07, 6.45) is 0.812. The minimum Gasteiger partial charge on any atom is -0.492 e. The molecule has 4 nitrogen and oxygen atoms in total. The van der Waals surface area contributed by atoms with Gasteiger partial charge in [-0.15, -0.1) is 0 Å². The van der Waals surface area contributed by atoms with E-state index in [-0.39, 0.29) is 17.9 Å². The van der Waals surface area contributed by atoms with Crippen LogP contribution in [0.3, 0.4) is 0 Å². The number of benzene rings is 2. The van der Waals surface area contributed by atoms with E-state index in [2.05, 4.69) is 34.9 Å². The van der Waals surface area contributed by atoms with Crippen molar-refractivity contribution in [3.8, 4) is 16.9 Å². The molecule has 2 heterocycles. The van der Waals surface area contributed by atoms with Crippen LogP contribution in [0, 0.1) is 11.8 Å². The van der Waals surface area contributed by atoms with Gasteiger partial charge in [-0.05, 0) is 24.6 Å². The topological polar surface area (TPSA) is 50.4 Å². The first-order valence-electron chi connectivity index (χ1n) is 9.06. The van der Waals surface area contributed by atoms with Crippen molar-refractivity contribution >= 4 is 5.91 Å². The summed E-state index contributed by atoms with van der Waals surface area (Å²) in [5.41, 5.74) is 3.31. The second kappa shape index (κ2) is 6.89. The summed E-state index contributed by atoms with van der Waals surface area (Å²) in [4.78, 5) is 12.6. The van der Waals surface area contributed by atoms with Gasteiger partial charge in [0.05, 0.1) is 12.6 Å². The molecule has 0 saturated carbocycles. The molecule has 1 saturated heterocycles. The maximum atomic E-state index is 12.6. The van der Waals surface area contributed by atoms with Crippen LogP contribution in [0.4, 0.5) is 0 Å². The lowest BCUT2D eigenvalue weighted by Gasteiger charge is -2.34. The molecular formula is C21H24N2O2. The molecule has 2 atom stereocenters. The highest BCUT2D eigenvalue weighted by Crippen LogP contribution is 2.40. The quantitative estimate of drug-likeness (QED) is 0.902. The molecular weight excluding hydrogens is 312 g/mol. The third-order valence-corrected chi connectivity index (χ3v) is 5.41. The van der Waals surface area contributed by atoms with E-state index >= 15 is 0 Å². The fraction of sp³-hybridized carbons (Fsp3) is 0.381. The molecule has 2 aromatic rings. The van der Waals surface area contributed by atoms with Gasteiger partial charge in [-0.1, -0.05) is 55.5 Å². The van der Waals surface area contributed by atoms with Crippen LogP contribution in [0.1, 0.15) is 24.9 Å². The number of hydrogen-bond acceptors (Lipinski definition) is 3. The molecule has 4 rings (SSSR count). The SMILES string of the molecule is CC(C(=O)NC1CCOc2c(-c3ccccc3)cccc21)C1CNC1. The summed E-state index contributed by atoms with van der Waals surface area (Å²) < 4.78 is 6.00. The number of hydrogen-bond donors (Lipinski definition) is 2. The van der Waals surface area contributed by atoms with Crippen molar-refractivity contribution in [1.29, 1.82) is 0 Å². The molecule has 2 aliphatic heterocycles. The van der Waals surface area contributed by atoms with Gasteiger partial charge in [0, 0.05) is 23.5 Å². The van der Waals surface area contributed by atoms with Gasteiger partial charge in [0.25, 0.3) is 0 Å². The average Bonchev–Trinajstić information content (AvgIpc) is 2.61. The molecule has 4 heteroatoms. The molecule has 0 radical (unpaired) electrons. The second-order valence-electron chi connectivity index (χ2n) is 7.00. The number of nitrogens with one attached hydrogen (secondary N) is 2. The molecule has 25 heavy (non-hydrogen) atoms. The van der Waals surface area contributed by atoms with Crippen molar-refractivity contribution in [3.63, 3.8) is 0 Å². The predicted molar refractivity (Wildman–Crippen MR) is 98.4 cm³/mol. The molecule has 1 amide bonds. The van der Waals surface area contributed by atoms with Crippen LogP contribution in [-0.4, -0.2) is 25.6 Å². The summed E-state index contributed by atoms with van der Waals surface area (Å²) in [5, 5.41) is 6.50. The van der Waals surface area contributed by atoms with Gasteiger partial charge in [0.15, 0.2) is 0 Å². The van der Waals surface area contributed by atoms with E-state index in [4.69, 9.17) is 4.74 Å². The number of amides is 1. The molecule has 0 aliphatic carbocycles. The summed E-state index contributed by atoms with van der Waals surface area (Å²) in [7, 11) is 0. The van der Waals surface area contributed by atoms with E-state index in [0.29, 0.717) is 12.5 Å². The highest BCUT2D eigenvalue weighted by Gasteiger charge is 2.32. The summed E-state index contributed by atoms with van der Waals surface area (Å²) in [6, 6.07) is 16.5. The number of ether oxygens (including phenoxy) is 1. The van der Waals surface area contributed by atoms with Crippen LogP contribution in [0.5, 0.6) is 5.75 Å². The predicted octanol–water partition coefficient (Wildman–Crippen LogP) is 3.15. The fourth-order valence-corrected chi connectivity index (χ4v) is 3.60. The Labute approximate surface area is 148 Å². The van der Waals surface area contributed by atoms with E-state index in [1.807, 2.05) is 31.2 Å². The van der Waals surface area contributed by atoms with E-state index in [1.165, 1.54) is 0 Å². The molecule has 0 aromatic heterocycles. The molecule has 2 N–H and O–H groups in total. The normalized spacial score (nSPS) is 20.8. The van der Waals surface area contributed by atoms with Crippen LogP contribution in [0.25, 0.3) is 11.1 Å². The standard InChI is InChI=1S/C21H24N2O2/c1-14(16-12-22-13-16)21(24)23-19-10-11-25-20-17(8-5-9-18(19)20)15-6-3-2-4-7-15/h2-9,14,16,19,22H,10-13H2,1H3,(H,23,24). The molecule has 2 aliphatic rings. The lowest BCUT2D eigenvalue weighted by atomic mass is 9.87. The highest BCUT2D eigenvalue weighted by molar-refractivity contribution is 5.80. The Balaban J connectivity index is 1.59. The first-order chi connectivity index (χ1) is 12.2. The minimum absolute atomic E-state index is 0.0235. The van der Waals surface area contributed by atoms with Gasteiger partial charge in [0.1, 0.15) is 5.75 Å². The van der Waals surface area contributed by atoms with Crippen LogP contribution in [0.15, 0.2) is 48.5 Å². The maximum Gasteiger partial charge on any atom is 0.223 e. The Morgan fingerprint density at radius 1 is 1.16 bits per heavy atom. The second-order valence-corrected chi connectivity index (χ2v) is 7.00. The van der Waals surface area contributed by atoms with Crippen molar-refractivity contribution in [2.45, 2.75) is 19.4 Å². The van der Waals surface area contributed by atoms with E-state index in [9.17, 15) is 4.79 Å². The van der Waals surface area contributed by atoms with Crippen LogP contribution in [-0.2, 0) is 4.79 Å². The van der Waals surface area contributed by atoms with Gasteiger partial charge in [-0.3, -0.25) is 4.79 Å². The van der Waals surface area contributed by atoms with Crippen LogP contribution >= 0.6 is 0 Å². The molecule has 2 unspecified atom stereocenters. The van der Waals surface area contributed by atoms with Crippen molar-refractivity contribution in [2.24, 2.45) is 11.8 Å². The number of fused-ring (bicyclic) bond motifs is 1.